The molecule has 0 atom stereocenters. The highest BCUT2D eigenvalue weighted by Gasteiger charge is 2.12. The maximum Gasteiger partial charge on any atom is 0.336 e. The SMILES string of the molecule is CCOc1cc(C=NNC(=O)c2cccc(NC(=O)c3ccco3)c2)ccc1OC(=O)/C=C/c1ccccc1. The Morgan fingerprint density at radius 1 is 0.872 bits per heavy atom. The average molecular weight is 524 g/mol. The third kappa shape index (κ3) is 7.77. The van der Waals surface area contributed by atoms with E-state index in [-0.39, 0.29) is 11.5 Å². The van der Waals surface area contributed by atoms with Gasteiger partial charge in [-0.2, -0.15) is 5.10 Å². The van der Waals surface area contributed by atoms with E-state index in [4.69, 9.17) is 13.9 Å². The molecule has 0 fully saturated rings. The smallest absolute Gasteiger partial charge is 0.336 e. The molecule has 0 aliphatic rings. The number of hydrogen-bond acceptors (Lipinski definition) is 7. The van der Waals surface area contributed by atoms with Gasteiger partial charge in [-0.1, -0.05) is 36.4 Å². The predicted molar refractivity (Wildman–Crippen MR) is 147 cm³/mol. The Labute approximate surface area is 224 Å². The molecule has 0 unspecified atom stereocenters. The summed E-state index contributed by atoms with van der Waals surface area (Å²) in [6.45, 7) is 2.17. The first-order valence-corrected chi connectivity index (χ1v) is 12.0. The van der Waals surface area contributed by atoms with Crippen LogP contribution >= 0.6 is 0 Å². The van der Waals surface area contributed by atoms with Crippen LogP contribution in [0.4, 0.5) is 5.69 Å². The number of furan rings is 1. The molecule has 0 radical (unpaired) electrons. The number of hydrogen-bond donors (Lipinski definition) is 2. The van der Waals surface area contributed by atoms with Crippen molar-refractivity contribution in [2.24, 2.45) is 5.10 Å². The van der Waals surface area contributed by atoms with Crippen LogP contribution < -0.4 is 20.2 Å². The molecule has 39 heavy (non-hydrogen) atoms. The minimum absolute atomic E-state index is 0.158. The normalized spacial score (nSPS) is 10.9. The molecule has 0 aliphatic heterocycles. The number of nitrogens with zero attached hydrogens (tertiary/aromatic N) is 1. The summed E-state index contributed by atoms with van der Waals surface area (Å²) in [6.07, 6.45) is 5.84. The molecule has 0 aliphatic carbocycles. The maximum absolute atomic E-state index is 12.6. The number of benzene rings is 3. The molecule has 4 rings (SSSR count). The number of nitrogens with one attached hydrogen (secondary N) is 2. The third-order valence-corrected chi connectivity index (χ3v) is 5.20. The molecule has 2 amide bonds. The van der Waals surface area contributed by atoms with E-state index >= 15 is 0 Å². The Morgan fingerprint density at radius 2 is 1.72 bits per heavy atom. The Balaban J connectivity index is 1.37. The molecule has 0 saturated heterocycles. The first-order valence-electron chi connectivity index (χ1n) is 12.0. The van der Waals surface area contributed by atoms with Crippen molar-refractivity contribution in [3.05, 3.63) is 120 Å². The highest BCUT2D eigenvalue weighted by molar-refractivity contribution is 6.03. The van der Waals surface area contributed by atoms with Crippen LogP contribution in [0, 0.1) is 0 Å². The number of rotatable bonds is 10. The minimum Gasteiger partial charge on any atom is -0.490 e. The Morgan fingerprint density at radius 3 is 2.49 bits per heavy atom. The summed E-state index contributed by atoms with van der Waals surface area (Å²) in [6, 6.07) is 23.9. The lowest BCUT2D eigenvalue weighted by atomic mass is 10.2. The van der Waals surface area contributed by atoms with Crippen LogP contribution in [0.2, 0.25) is 0 Å². The summed E-state index contributed by atoms with van der Waals surface area (Å²) in [4.78, 5) is 37.0. The molecular weight excluding hydrogens is 498 g/mol. The number of anilines is 1. The van der Waals surface area contributed by atoms with Crippen LogP contribution in [0.25, 0.3) is 6.08 Å². The van der Waals surface area contributed by atoms with Crippen LogP contribution in [0.5, 0.6) is 11.5 Å². The summed E-state index contributed by atoms with van der Waals surface area (Å²) in [5.74, 6) is -0.673. The molecule has 4 aromatic rings. The van der Waals surface area contributed by atoms with Crippen LogP contribution in [0.1, 0.15) is 39.0 Å². The van der Waals surface area contributed by atoms with Gasteiger partial charge < -0.3 is 19.2 Å². The second kappa shape index (κ2) is 13.2. The first-order chi connectivity index (χ1) is 19.0. The molecule has 2 N–H and O–H groups in total. The van der Waals surface area contributed by atoms with Gasteiger partial charge in [-0.25, -0.2) is 10.2 Å². The monoisotopic (exact) mass is 523 g/mol. The van der Waals surface area contributed by atoms with Crippen molar-refractivity contribution in [1.82, 2.24) is 5.43 Å². The Hall–Kier alpha value is -5.44. The van der Waals surface area contributed by atoms with E-state index in [0.29, 0.717) is 29.2 Å². The summed E-state index contributed by atoms with van der Waals surface area (Å²) in [7, 11) is 0. The molecular formula is C30H25N3O6. The zero-order chi connectivity index (χ0) is 27.5. The van der Waals surface area contributed by atoms with Crippen LogP contribution in [-0.4, -0.2) is 30.6 Å². The van der Waals surface area contributed by atoms with Gasteiger partial charge in [0.25, 0.3) is 11.8 Å². The van der Waals surface area contributed by atoms with Gasteiger partial charge in [0.15, 0.2) is 17.3 Å². The van der Waals surface area contributed by atoms with Gasteiger partial charge in [0.05, 0.1) is 19.1 Å². The Bertz CT molecular complexity index is 1490. The third-order valence-electron chi connectivity index (χ3n) is 5.20. The fourth-order valence-electron chi connectivity index (χ4n) is 3.40. The van der Waals surface area contributed by atoms with E-state index in [0.717, 1.165) is 5.56 Å². The standard InChI is InChI=1S/C30H25N3O6/c1-2-37-27-18-22(13-15-25(27)39-28(34)16-14-21-8-4-3-5-9-21)20-31-33-29(35)23-10-6-11-24(19-23)32-30(36)26-12-7-17-38-26/h3-20H,2H2,1H3,(H,32,36)(H,33,35)/b16-14+,31-20?. The van der Waals surface area contributed by atoms with E-state index in [2.05, 4.69) is 15.8 Å². The second-order valence-electron chi connectivity index (χ2n) is 8.02. The van der Waals surface area contributed by atoms with Crippen LogP contribution in [0.3, 0.4) is 0 Å². The molecule has 196 valence electrons. The van der Waals surface area contributed by atoms with Crippen molar-refractivity contribution >= 4 is 35.8 Å². The maximum atomic E-state index is 12.6. The molecule has 0 spiro atoms. The van der Waals surface area contributed by atoms with Crippen LogP contribution in [0.15, 0.2) is 107 Å². The number of carbonyl (C=O) groups excluding carboxylic acids is 3. The van der Waals surface area contributed by atoms with Crippen molar-refractivity contribution in [2.45, 2.75) is 6.92 Å². The zero-order valence-electron chi connectivity index (χ0n) is 21.0. The largest absolute Gasteiger partial charge is 0.490 e. The van der Waals surface area contributed by atoms with E-state index in [1.807, 2.05) is 37.3 Å². The van der Waals surface area contributed by atoms with Gasteiger partial charge in [0.1, 0.15) is 0 Å². The number of hydrazone groups is 1. The first kappa shape index (κ1) is 26.6. The van der Waals surface area contributed by atoms with Crippen molar-refractivity contribution in [1.29, 1.82) is 0 Å². The fourth-order valence-corrected chi connectivity index (χ4v) is 3.40. The summed E-state index contributed by atoms with van der Waals surface area (Å²) in [5.41, 5.74) is 4.66. The van der Waals surface area contributed by atoms with E-state index in [9.17, 15) is 14.4 Å². The number of esters is 1. The van der Waals surface area contributed by atoms with Crippen molar-refractivity contribution < 1.29 is 28.3 Å². The molecule has 0 bridgehead atoms. The summed E-state index contributed by atoms with van der Waals surface area (Å²) < 4.78 is 16.1. The molecule has 3 aromatic carbocycles. The number of carbonyl (C=O) groups is 3. The van der Waals surface area contributed by atoms with Gasteiger partial charge >= 0.3 is 5.97 Å². The lowest BCUT2D eigenvalue weighted by Crippen LogP contribution is -2.18. The molecule has 1 aromatic heterocycles. The molecule has 9 nitrogen and oxygen atoms in total. The lowest BCUT2D eigenvalue weighted by molar-refractivity contribution is -0.129. The highest BCUT2D eigenvalue weighted by atomic mass is 16.6. The lowest BCUT2D eigenvalue weighted by Gasteiger charge is -2.10. The quantitative estimate of drug-likeness (QED) is 0.0956. The molecule has 9 heteroatoms. The second-order valence-corrected chi connectivity index (χ2v) is 8.02. The number of amides is 2. The van der Waals surface area contributed by atoms with Gasteiger partial charge in [-0.3, -0.25) is 9.59 Å². The van der Waals surface area contributed by atoms with Crippen molar-refractivity contribution in [2.75, 3.05) is 11.9 Å². The zero-order valence-corrected chi connectivity index (χ0v) is 21.0. The van der Waals surface area contributed by atoms with Crippen LogP contribution in [-0.2, 0) is 4.79 Å². The van der Waals surface area contributed by atoms with Crippen molar-refractivity contribution in [3.63, 3.8) is 0 Å². The van der Waals surface area contributed by atoms with Gasteiger partial charge in [-0.15, -0.1) is 0 Å². The van der Waals surface area contributed by atoms with E-state index < -0.39 is 17.8 Å². The Kier molecular flexibility index (Phi) is 9.01. The van der Waals surface area contributed by atoms with Gasteiger partial charge in [-0.05, 0) is 72.7 Å². The predicted octanol–water partition coefficient (Wildman–Crippen LogP) is 5.31. The van der Waals surface area contributed by atoms with Crippen molar-refractivity contribution in [3.8, 4) is 11.5 Å². The fraction of sp³-hybridized carbons (Fsp3) is 0.0667. The van der Waals surface area contributed by atoms with Gasteiger partial charge in [0, 0.05) is 17.3 Å². The number of ether oxygens (including phenoxy) is 2. The highest BCUT2D eigenvalue weighted by Crippen LogP contribution is 2.28. The van der Waals surface area contributed by atoms with E-state index in [1.165, 1.54) is 30.7 Å². The molecule has 0 saturated carbocycles. The minimum atomic E-state index is -0.545. The van der Waals surface area contributed by atoms with Gasteiger partial charge in [0.2, 0.25) is 0 Å². The van der Waals surface area contributed by atoms with E-state index in [1.54, 1.807) is 48.5 Å². The topological polar surface area (TPSA) is 119 Å². The average Bonchev–Trinajstić information content (AvgIpc) is 3.50. The summed E-state index contributed by atoms with van der Waals surface area (Å²) >= 11 is 0. The molecule has 1 heterocycles. The summed E-state index contributed by atoms with van der Waals surface area (Å²) in [5, 5.41) is 6.67.